The first-order chi connectivity index (χ1) is 55.5. The molecular formula is C86H102Cl5F6N9O11. The van der Waals surface area contributed by atoms with Crippen LogP contribution in [0.25, 0.3) is 0 Å². The molecule has 6 aromatic rings. The van der Waals surface area contributed by atoms with Gasteiger partial charge in [-0.05, 0) is 174 Å². The van der Waals surface area contributed by atoms with Crippen LogP contribution in [0.2, 0.25) is 25.1 Å². The lowest BCUT2D eigenvalue weighted by molar-refractivity contribution is -0.263. The average Bonchev–Trinajstić information content (AvgIpc) is 0.762. The number of hydrogen-bond donors (Lipinski definition) is 2. The predicted octanol–water partition coefficient (Wildman–Crippen LogP) is 15.4. The van der Waals surface area contributed by atoms with Gasteiger partial charge in [0.25, 0.3) is 40.7 Å². The molecule has 117 heavy (non-hydrogen) atoms. The molecule has 0 spiro atoms. The predicted molar refractivity (Wildman–Crippen MR) is 441 cm³/mol. The van der Waals surface area contributed by atoms with Crippen molar-refractivity contribution >= 4 is 111 Å². The van der Waals surface area contributed by atoms with Gasteiger partial charge < -0.3 is 68.5 Å². The summed E-state index contributed by atoms with van der Waals surface area (Å²) in [5.74, 6) is -2.90. The Balaban J connectivity index is 0.000000172. The van der Waals surface area contributed by atoms with Crippen molar-refractivity contribution in [2.24, 2.45) is 0 Å². The highest BCUT2D eigenvalue weighted by atomic mass is 35.5. The minimum atomic E-state index is -5.22. The van der Waals surface area contributed by atoms with Crippen LogP contribution in [0.3, 0.4) is 0 Å². The zero-order chi connectivity index (χ0) is 84.5. The summed E-state index contributed by atoms with van der Waals surface area (Å²) in [6, 6.07) is 35.9. The monoisotopic (exact) mass is 1730 g/mol. The van der Waals surface area contributed by atoms with Gasteiger partial charge in [0.15, 0.2) is 0 Å². The Labute approximate surface area is 704 Å². The van der Waals surface area contributed by atoms with Crippen molar-refractivity contribution in [3.63, 3.8) is 0 Å². The van der Waals surface area contributed by atoms with E-state index in [-0.39, 0.29) is 96.0 Å². The average molecular weight is 1730 g/mol. The standard InChI is InChI=1S/C30H38ClN3O3.2C28H32Cl2F3N3O4/c1-32(2)28(35)26-10-9-23(21-27(26)31)33-17-11-24(12-18-33)37-25-13-19-34(20-14-25)29(36)30(15-6-16-30)22-7-4-3-5-8-22;1-34(2)25(37)23-8-7-20(17-24(23)30)35-13-9-21(10-14-35)40-22-11-15-36(16-12-22)26(38)27(39,28(31,32)33)18-3-5-19(29)6-4-18;1-34(2)25(37)23-7-6-20(17-24(23)30)35-12-8-21(9-13-35)40-22-10-14-36(15-11-22)26(38)27(39,28(31,32)33)18-4-3-5-19(29)16-18/h3-5,7-10,21,24-25H,6,11-20H2,1-2H3;3-8,17,21-22,39H,9-16H2,1-2H3;3-7,16-17,21-22,39H,8-15H2,1-2H3. The van der Waals surface area contributed by atoms with Gasteiger partial charge in [-0.25, -0.2) is 0 Å². The Morgan fingerprint density at radius 1 is 0.376 bits per heavy atom. The molecule has 31 heteroatoms. The second-order valence-corrected chi connectivity index (χ2v) is 33.9. The first kappa shape index (κ1) is 90.1. The number of halogens is 11. The molecule has 7 fully saturated rings. The smallest absolute Gasteiger partial charge is 0.375 e. The Morgan fingerprint density at radius 2 is 0.692 bits per heavy atom. The molecule has 6 aromatic carbocycles. The quantitative estimate of drug-likeness (QED) is 0.0770. The number of likely N-dealkylation sites (tertiary alicyclic amines) is 3. The van der Waals surface area contributed by atoms with Crippen LogP contribution in [0.1, 0.15) is 144 Å². The number of benzene rings is 6. The minimum Gasteiger partial charge on any atom is -0.375 e. The summed E-state index contributed by atoms with van der Waals surface area (Å²) in [4.78, 5) is 91.6. The fraction of sp³-hybridized carbons (Fsp3) is 0.512. The zero-order valence-electron chi connectivity index (χ0n) is 66.5. The Morgan fingerprint density at radius 3 is 0.983 bits per heavy atom. The van der Waals surface area contributed by atoms with E-state index >= 15 is 0 Å². The molecule has 0 radical (unpaired) electrons. The Hall–Kier alpha value is -7.63. The van der Waals surface area contributed by atoms with Crippen molar-refractivity contribution in [3.8, 4) is 0 Å². The number of aliphatic hydroxyl groups is 2. The number of alkyl halides is 6. The number of amides is 6. The fourth-order valence-electron chi connectivity index (χ4n) is 16.4. The summed E-state index contributed by atoms with van der Waals surface area (Å²) in [6.45, 7) is 6.43. The van der Waals surface area contributed by atoms with E-state index in [1.54, 1.807) is 71.5 Å². The Bertz CT molecular complexity index is 4430. The maximum atomic E-state index is 14.0. The molecule has 13 rings (SSSR count). The molecule has 634 valence electrons. The van der Waals surface area contributed by atoms with Crippen molar-refractivity contribution in [1.82, 2.24) is 29.4 Å². The first-order valence-electron chi connectivity index (χ1n) is 39.8. The van der Waals surface area contributed by atoms with E-state index in [4.69, 9.17) is 72.2 Å². The molecule has 0 aromatic heterocycles. The van der Waals surface area contributed by atoms with Crippen LogP contribution in [-0.4, -0.2) is 245 Å². The molecule has 6 amide bonds. The summed E-state index contributed by atoms with van der Waals surface area (Å²) in [7, 11) is 10.1. The number of piperidine rings is 6. The highest BCUT2D eigenvalue weighted by Crippen LogP contribution is 2.47. The number of anilines is 3. The number of hydrogen-bond acceptors (Lipinski definition) is 14. The summed E-state index contributed by atoms with van der Waals surface area (Å²) in [6.07, 6.45) is 0.894. The molecule has 1 saturated carbocycles. The Kier molecular flexibility index (Phi) is 29.9. The van der Waals surface area contributed by atoms with E-state index in [9.17, 15) is 65.3 Å². The van der Waals surface area contributed by atoms with Gasteiger partial charge in [0.1, 0.15) is 0 Å². The molecule has 7 aliphatic rings. The van der Waals surface area contributed by atoms with E-state index in [0.717, 1.165) is 174 Å². The van der Waals surface area contributed by atoms with Gasteiger partial charge in [0.05, 0.1) is 73.8 Å². The van der Waals surface area contributed by atoms with Gasteiger partial charge in [-0.1, -0.05) is 119 Å². The molecule has 0 bridgehead atoms. The largest absolute Gasteiger partial charge is 0.430 e. The maximum Gasteiger partial charge on any atom is 0.430 e. The van der Waals surface area contributed by atoms with Crippen LogP contribution >= 0.6 is 58.0 Å². The van der Waals surface area contributed by atoms with Gasteiger partial charge in [-0.2, -0.15) is 26.3 Å². The van der Waals surface area contributed by atoms with E-state index in [1.807, 2.05) is 48.5 Å². The topological polar surface area (TPSA) is 200 Å². The van der Waals surface area contributed by atoms with E-state index in [1.165, 1.54) is 39.6 Å². The van der Waals surface area contributed by atoms with E-state index < -0.39 is 46.5 Å². The van der Waals surface area contributed by atoms with Crippen molar-refractivity contribution in [2.75, 3.05) is 136 Å². The van der Waals surface area contributed by atoms with E-state index in [0.29, 0.717) is 63.3 Å². The number of nitrogens with zero attached hydrogens (tertiary/aromatic N) is 9. The van der Waals surface area contributed by atoms with Crippen molar-refractivity contribution < 1.29 is 79.5 Å². The number of ether oxygens (including phenoxy) is 3. The van der Waals surface area contributed by atoms with Gasteiger partial charge >= 0.3 is 12.4 Å². The lowest BCUT2D eigenvalue weighted by atomic mass is 9.63. The van der Waals surface area contributed by atoms with Crippen LogP contribution in [0.15, 0.2) is 133 Å². The van der Waals surface area contributed by atoms with Gasteiger partial charge in [-0.3, -0.25) is 28.8 Å². The molecule has 1 aliphatic carbocycles. The highest BCUT2D eigenvalue weighted by Gasteiger charge is 2.64. The summed E-state index contributed by atoms with van der Waals surface area (Å²) in [5, 5.41) is 22.8. The second-order valence-electron chi connectivity index (χ2n) is 31.8. The van der Waals surface area contributed by atoms with Crippen LogP contribution in [0.4, 0.5) is 43.4 Å². The lowest BCUT2D eigenvalue weighted by Crippen LogP contribution is -2.57. The number of carbonyl (C=O) groups excluding carboxylic acids is 6. The summed E-state index contributed by atoms with van der Waals surface area (Å²) < 4.78 is 103. The van der Waals surface area contributed by atoms with Crippen molar-refractivity contribution in [2.45, 2.75) is 162 Å². The van der Waals surface area contributed by atoms with Gasteiger partial charge in [-0.15, -0.1) is 0 Å². The molecule has 6 aliphatic heterocycles. The fourth-order valence-corrected chi connectivity index (χ4v) is 17.5. The molecular weight excluding hydrogens is 1630 g/mol. The SMILES string of the molecule is CN(C)C(=O)c1ccc(N2CCC(OC3CCN(C(=O)C(O)(c4ccc(Cl)cc4)C(F)(F)F)CC3)CC2)cc1Cl.CN(C)C(=O)c1ccc(N2CCC(OC3CCN(C(=O)C(O)(c4cccc(Cl)c4)C(F)(F)F)CC3)CC2)cc1Cl.CN(C)C(=O)c1ccc(N2CCC(OC3CCN(C(=O)C4(c5ccccc5)CCC4)CC3)CC2)cc1Cl. The third kappa shape index (κ3) is 21.0. The third-order valence-electron chi connectivity index (χ3n) is 23.4. The second kappa shape index (κ2) is 38.8. The highest BCUT2D eigenvalue weighted by molar-refractivity contribution is 6.35. The minimum absolute atomic E-state index is 0.00864. The molecule has 6 heterocycles. The van der Waals surface area contributed by atoms with Crippen LogP contribution < -0.4 is 14.7 Å². The maximum absolute atomic E-state index is 14.0. The van der Waals surface area contributed by atoms with Crippen molar-refractivity contribution in [1.29, 1.82) is 0 Å². The zero-order valence-corrected chi connectivity index (χ0v) is 70.3. The van der Waals surface area contributed by atoms with Crippen LogP contribution in [-0.2, 0) is 45.2 Å². The van der Waals surface area contributed by atoms with Crippen LogP contribution in [0, 0.1) is 0 Å². The molecule has 6 saturated heterocycles. The van der Waals surface area contributed by atoms with Crippen LogP contribution in [0.5, 0.6) is 0 Å². The van der Waals surface area contributed by atoms with Gasteiger partial charge in [0.2, 0.25) is 5.91 Å². The molecule has 2 N–H and O–H groups in total. The lowest BCUT2D eigenvalue weighted by Gasteiger charge is -2.46. The number of carbonyl (C=O) groups is 6. The normalized spacial score (nSPS) is 19.4. The van der Waals surface area contributed by atoms with Gasteiger partial charge in [0, 0.05) is 159 Å². The molecule has 2 atom stereocenters. The molecule has 2 unspecified atom stereocenters. The van der Waals surface area contributed by atoms with E-state index in [2.05, 4.69) is 31.7 Å². The third-order valence-corrected chi connectivity index (χ3v) is 24.8. The summed E-state index contributed by atoms with van der Waals surface area (Å²) >= 11 is 30.8. The van der Waals surface area contributed by atoms with Crippen molar-refractivity contribution in [3.05, 3.63) is 192 Å². The first-order valence-corrected chi connectivity index (χ1v) is 41.7. The number of rotatable bonds is 18. The summed E-state index contributed by atoms with van der Waals surface area (Å²) in [5.41, 5.74) is -3.33. The molecule has 20 nitrogen and oxygen atoms in total.